The second-order valence-corrected chi connectivity index (χ2v) is 3.83. The van der Waals surface area contributed by atoms with Crippen molar-refractivity contribution in [3.05, 3.63) is 34.4 Å². The van der Waals surface area contributed by atoms with E-state index in [1.165, 1.54) is 0 Å². The van der Waals surface area contributed by atoms with Gasteiger partial charge in [0, 0.05) is 22.6 Å². The highest BCUT2D eigenvalue weighted by molar-refractivity contribution is 14.1. The van der Waals surface area contributed by atoms with Crippen LogP contribution in [0.1, 0.15) is 25.8 Å². The fraction of sp³-hybridized carbons (Fsp3) is 0.308. The first-order valence-corrected chi connectivity index (χ1v) is 6.34. The Hall–Kier alpha value is -1.22. The third-order valence-electron chi connectivity index (χ3n) is 2.05. The fourth-order valence-corrected chi connectivity index (χ4v) is 1.42. The smallest absolute Gasteiger partial charge is 0.391 e. The molecule has 0 aliphatic rings. The lowest BCUT2D eigenvalue weighted by atomic mass is 10.1. The summed E-state index contributed by atoms with van der Waals surface area (Å²) in [6, 6.07) is 5.55. The van der Waals surface area contributed by atoms with Crippen molar-refractivity contribution in [3.8, 4) is 9.85 Å². The Kier molecular flexibility index (Phi) is 5.84. The molecule has 0 aliphatic carbocycles. The first-order chi connectivity index (χ1) is 8.22. The second-order valence-electron chi connectivity index (χ2n) is 3.29. The van der Waals surface area contributed by atoms with Crippen LogP contribution >= 0.6 is 22.6 Å². The molecule has 1 aromatic heterocycles. The monoisotopic (exact) mass is 344 g/mol. The van der Waals surface area contributed by atoms with E-state index in [1.807, 2.05) is 41.6 Å². The Balaban J connectivity index is 0.000000317. The molecule has 1 heterocycles. The summed E-state index contributed by atoms with van der Waals surface area (Å²) in [6.07, 6.45) is 1.92. The van der Waals surface area contributed by atoms with Crippen LogP contribution in [0.2, 0.25) is 0 Å². The Bertz CT molecular complexity index is 578. The zero-order valence-electron chi connectivity index (χ0n) is 9.75. The molecule has 0 N–H and O–H groups in total. The number of hydrogen-bond acceptors (Lipinski definition) is 3. The molecule has 0 bridgehead atoms. The van der Waals surface area contributed by atoms with Gasteiger partial charge in [-0.1, -0.05) is 31.4 Å². The molecule has 3 nitrogen and oxygen atoms in total. The Labute approximate surface area is 113 Å². The maximum atomic E-state index is 10.8. The summed E-state index contributed by atoms with van der Waals surface area (Å²) in [7, 11) is 0. The molecule has 90 valence electrons. The van der Waals surface area contributed by atoms with Crippen LogP contribution in [0.3, 0.4) is 0 Å². The normalized spacial score (nSPS) is 9.12. The Morgan fingerprint density at radius 2 is 2.06 bits per heavy atom. The van der Waals surface area contributed by atoms with Crippen molar-refractivity contribution < 1.29 is 8.83 Å². The number of para-hydroxylation sites is 1. The summed E-state index contributed by atoms with van der Waals surface area (Å²) in [6.45, 7) is 3.89. The van der Waals surface area contributed by atoms with E-state index in [-0.39, 0.29) is 0 Å². The van der Waals surface area contributed by atoms with E-state index >= 15 is 0 Å². The average molecular weight is 344 g/mol. The van der Waals surface area contributed by atoms with Gasteiger partial charge in [-0.2, -0.15) is 0 Å². The van der Waals surface area contributed by atoms with E-state index in [4.69, 9.17) is 8.83 Å². The lowest BCUT2D eigenvalue weighted by molar-refractivity contribution is 0.408. The SMILES string of the molecule is CC#CI.CCCc1cccc2oc(=O)oc12. The van der Waals surface area contributed by atoms with Crippen molar-refractivity contribution in [1.29, 1.82) is 0 Å². The number of halogens is 1. The van der Waals surface area contributed by atoms with Crippen LogP contribution in [0.5, 0.6) is 0 Å². The molecule has 0 radical (unpaired) electrons. The molecule has 2 rings (SSSR count). The molecule has 0 spiro atoms. The van der Waals surface area contributed by atoms with Crippen molar-refractivity contribution in [2.24, 2.45) is 0 Å². The van der Waals surface area contributed by atoms with Gasteiger partial charge in [0.1, 0.15) is 0 Å². The van der Waals surface area contributed by atoms with Crippen LogP contribution in [-0.2, 0) is 6.42 Å². The maximum absolute atomic E-state index is 10.8. The van der Waals surface area contributed by atoms with Crippen LogP contribution in [0.4, 0.5) is 0 Å². The summed E-state index contributed by atoms with van der Waals surface area (Å²) in [5.74, 6) is 2.04. The van der Waals surface area contributed by atoms with Crippen molar-refractivity contribution in [2.45, 2.75) is 26.7 Å². The van der Waals surface area contributed by atoms with Gasteiger partial charge in [0.05, 0.1) is 0 Å². The predicted octanol–water partition coefficient (Wildman–Crippen LogP) is 3.74. The highest BCUT2D eigenvalue weighted by Gasteiger charge is 2.07. The third-order valence-corrected chi connectivity index (χ3v) is 2.59. The quantitative estimate of drug-likeness (QED) is 0.616. The van der Waals surface area contributed by atoms with Gasteiger partial charge in [0.25, 0.3) is 0 Å². The summed E-state index contributed by atoms with van der Waals surface area (Å²) in [5.41, 5.74) is 2.16. The average Bonchev–Trinajstić information content (AvgIpc) is 2.71. The first kappa shape index (κ1) is 13.8. The molecular formula is C13H13IO3. The van der Waals surface area contributed by atoms with Gasteiger partial charge in [0.15, 0.2) is 11.2 Å². The molecule has 0 atom stereocenters. The molecule has 1 aromatic carbocycles. The standard InChI is InChI=1S/C10H10O3.C3H3I/c1-2-4-7-5-3-6-8-9(7)13-10(11)12-8;1-2-3-4/h3,5-6H,2,4H2,1H3;1H3. The minimum atomic E-state index is -0.626. The van der Waals surface area contributed by atoms with E-state index in [2.05, 4.69) is 16.8 Å². The molecule has 17 heavy (non-hydrogen) atoms. The summed E-state index contributed by atoms with van der Waals surface area (Å²) >= 11 is 1.99. The Morgan fingerprint density at radius 1 is 1.35 bits per heavy atom. The number of fused-ring (bicyclic) bond motifs is 1. The molecule has 0 fully saturated rings. The van der Waals surface area contributed by atoms with E-state index in [1.54, 1.807) is 6.07 Å². The molecule has 0 aliphatic heterocycles. The summed E-state index contributed by atoms with van der Waals surface area (Å²) < 4.78 is 12.4. The molecule has 4 heteroatoms. The summed E-state index contributed by atoms with van der Waals surface area (Å²) in [5, 5.41) is 0. The Morgan fingerprint density at radius 3 is 2.65 bits per heavy atom. The topological polar surface area (TPSA) is 43.4 Å². The van der Waals surface area contributed by atoms with Crippen LogP contribution in [0.15, 0.2) is 31.8 Å². The lowest BCUT2D eigenvalue weighted by Crippen LogP contribution is -1.85. The van der Waals surface area contributed by atoms with Crippen molar-refractivity contribution in [2.75, 3.05) is 0 Å². The molecule has 0 saturated heterocycles. The summed E-state index contributed by atoms with van der Waals surface area (Å²) in [4.78, 5) is 10.8. The second kappa shape index (κ2) is 7.17. The minimum absolute atomic E-state index is 0.538. The van der Waals surface area contributed by atoms with Crippen LogP contribution < -0.4 is 5.82 Å². The minimum Gasteiger partial charge on any atom is -0.391 e. The van der Waals surface area contributed by atoms with Gasteiger partial charge in [-0.05, 0) is 28.9 Å². The predicted molar refractivity (Wildman–Crippen MR) is 76.2 cm³/mol. The van der Waals surface area contributed by atoms with Gasteiger partial charge in [-0.15, -0.1) is 0 Å². The highest BCUT2D eigenvalue weighted by Crippen LogP contribution is 2.18. The van der Waals surface area contributed by atoms with Crippen LogP contribution in [0, 0.1) is 9.85 Å². The van der Waals surface area contributed by atoms with Gasteiger partial charge >= 0.3 is 5.82 Å². The van der Waals surface area contributed by atoms with Gasteiger partial charge in [-0.25, -0.2) is 4.79 Å². The van der Waals surface area contributed by atoms with Crippen molar-refractivity contribution in [3.63, 3.8) is 0 Å². The van der Waals surface area contributed by atoms with Crippen molar-refractivity contribution >= 4 is 33.8 Å². The third kappa shape index (κ3) is 3.93. The number of hydrogen-bond donors (Lipinski definition) is 0. The first-order valence-electron chi connectivity index (χ1n) is 5.26. The molecule has 0 saturated carbocycles. The zero-order valence-corrected chi connectivity index (χ0v) is 11.9. The number of aryl methyl sites for hydroxylation is 1. The maximum Gasteiger partial charge on any atom is 0.519 e. The zero-order chi connectivity index (χ0) is 12.7. The lowest BCUT2D eigenvalue weighted by Gasteiger charge is -1.95. The van der Waals surface area contributed by atoms with E-state index in [0.717, 1.165) is 18.4 Å². The highest BCUT2D eigenvalue weighted by atomic mass is 127. The van der Waals surface area contributed by atoms with E-state index < -0.39 is 5.82 Å². The van der Waals surface area contributed by atoms with Crippen LogP contribution in [0.25, 0.3) is 11.2 Å². The molecular weight excluding hydrogens is 331 g/mol. The fourth-order valence-electron chi connectivity index (χ4n) is 1.42. The van der Waals surface area contributed by atoms with Gasteiger partial charge in [-0.3, -0.25) is 0 Å². The van der Waals surface area contributed by atoms with E-state index in [9.17, 15) is 4.79 Å². The molecule has 2 aromatic rings. The van der Waals surface area contributed by atoms with Crippen LogP contribution in [-0.4, -0.2) is 0 Å². The number of benzene rings is 1. The number of rotatable bonds is 2. The largest absolute Gasteiger partial charge is 0.519 e. The molecule has 0 unspecified atom stereocenters. The van der Waals surface area contributed by atoms with E-state index in [0.29, 0.717) is 11.2 Å². The van der Waals surface area contributed by atoms with Gasteiger partial charge in [0.2, 0.25) is 0 Å². The van der Waals surface area contributed by atoms with Crippen molar-refractivity contribution in [1.82, 2.24) is 0 Å². The molecule has 0 amide bonds. The van der Waals surface area contributed by atoms with Gasteiger partial charge < -0.3 is 8.83 Å².